The van der Waals surface area contributed by atoms with Crippen molar-refractivity contribution < 1.29 is 36.9 Å². The second kappa shape index (κ2) is 10.4. The van der Waals surface area contributed by atoms with Gasteiger partial charge >= 0.3 is 6.18 Å². The van der Waals surface area contributed by atoms with Gasteiger partial charge in [0.05, 0.1) is 38.5 Å². The van der Waals surface area contributed by atoms with Crippen LogP contribution in [-0.4, -0.2) is 45.3 Å². The quantitative estimate of drug-likeness (QED) is 0.425. The molecule has 1 aliphatic rings. The number of rotatable bonds is 7. The number of benzene rings is 3. The van der Waals surface area contributed by atoms with E-state index in [2.05, 4.69) is 0 Å². The van der Waals surface area contributed by atoms with Gasteiger partial charge in [-0.25, -0.2) is 0 Å². The Kier molecular flexibility index (Phi) is 7.28. The number of halogens is 3. The van der Waals surface area contributed by atoms with Crippen LogP contribution in [0.4, 0.5) is 13.2 Å². The summed E-state index contributed by atoms with van der Waals surface area (Å²) in [6.45, 7) is 0.235. The molecule has 6 nitrogen and oxygen atoms in total. The van der Waals surface area contributed by atoms with Gasteiger partial charge < -0.3 is 23.8 Å². The molecule has 1 atom stereocenters. The Labute approximate surface area is 207 Å². The van der Waals surface area contributed by atoms with Crippen LogP contribution in [0.5, 0.6) is 23.0 Å². The van der Waals surface area contributed by atoms with Crippen LogP contribution in [0.15, 0.2) is 60.7 Å². The Hall–Kier alpha value is -3.88. The maximum atomic E-state index is 13.7. The average Bonchev–Trinajstić information content (AvgIpc) is 2.90. The van der Waals surface area contributed by atoms with Crippen molar-refractivity contribution in [2.24, 2.45) is 0 Å². The summed E-state index contributed by atoms with van der Waals surface area (Å²) in [6.07, 6.45) is -4.22. The third-order valence-electron chi connectivity index (χ3n) is 6.19. The third kappa shape index (κ3) is 5.05. The summed E-state index contributed by atoms with van der Waals surface area (Å²) in [6, 6.07) is 14.7. The molecular weight excluding hydrogens is 475 g/mol. The molecule has 4 rings (SSSR count). The van der Waals surface area contributed by atoms with Crippen LogP contribution in [0.1, 0.15) is 33.1 Å². The minimum Gasteiger partial charge on any atom is -0.497 e. The third-order valence-corrected chi connectivity index (χ3v) is 6.19. The van der Waals surface area contributed by atoms with E-state index in [0.717, 1.165) is 17.2 Å². The fraction of sp³-hybridized carbons (Fsp3) is 0.296. The van der Waals surface area contributed by atoms with Crippen LogP contribution in [0.3, 0.4) is 0 Å². The van der Waals surface area contributed by atoms with Crippen LogP contribution in [0.2, 0.25) is 0 Å². The summed E-state index contributed by atoms with van der Waals surface area (Å²) in [5, 5.41) is 0. The van der Waals surface area contributed by atoms with Crippen LogP contribution in [0, 0.1) is 0 Å². The fourth-order valence-electron chi connectivity index (χ4n) is 4.37. The Bertz CT molecular complexity index is 1230. The lowest BCUT2D eigenvalue weighted by Crippen LogP contribution is -2.43. The van der Waals surface area contributed by atoms with E-state index in [9.17, 15) is 18.0 Å². The highest BCUT2D eigenvalue weighted by Gasteiger charge is 2.39. The van der Waals surface area contributed by atoms with Crippen molar-refractivity contribution in [1.29, 1.82) is 0 Å². The predicted octanol–water partition coefficient (Wildman–Crippen LogP) is 5.55. The highest BCUT2D eigenvalue weighted by molar-refractivity contribution is 5.96. The maximum Gasteiger partial charge on any atom is 0.417 e. The first-order valence-corrected chi connectivity index (χ1v) is 11.3. The van der Waals surface area contributed by atoms with Crippen molar-refractivity contribution >= 4 is 5.91 Å². The molecule has 0 spiro atoms. The molecule has 0 aliphatic carbocycles. The standard InChI is InChI=1S/C27H26F3NO5/c1-33-18-8-10-19(11-9-18)36-16-23-21-15-25(35-3)24(34-2)14-17(21)12-13-31(23)26(32)20-6-4-5-7-22(20)27(28,29)30/h4-11,14-15,23H,12-13,16H2,1-3H3/t23-/m0/s1. The number of hydrogen-bond acceptors (Lipinski definition) is 5. The molecular formula is C27H26F3NO5. The molecule has 9 heteroatoms. The largest absolute Gasteiger partial charge is 0.497 e. The van der Waals surface area contributed by atoms with E-state index in [0.29, 0.717) is 29.4 Å². The van der Waals surface area contributed by atoms with E-state index >= 15 is 0 Å². The van der Waals surface area contributed by atoms with E-state index in [1.54, 1.807) is 37.4 Å². The summed E-state index contributed by atoms with van der Waals surface area (Å²) in [5.74, 6) is 1.46. The Morgan fingerprint density at radius 3 is 2.19 bits per heavy atom. The number of nitrogens with zero attached hydrogens (tertiary/aromatic N) is 1. The van der Waals surface area contributed by atoms with Gasteiger partial charge in [0.2, 0.25) is 0 Å². The normalized spacial score (nSPS) is 15.2. The van der Waals surface area contributed by atoms with Crippen molar-refractivity contribution in [3.8, 4) is 23.0 Å². The molecule has 1 aliphatic heterocycles. The molecule has 0 saturated heterocycles. The monoisotopic (exact) mass is 501 g/mol. The number of amides is 1. The van der Waals surface area contributed by atoms with E-state index in [4.69, 9.17) is 18.9 Å². The van der Waals surface area contributed by atoms with Crippen LogP contribution in [0.25, 0.3) is 0 Å². The lowest BCUT2D eigenvalue weighted by molar-refractivity contribution is -0.138. The van der Waals surface area contributed by atoms with Gasteiger partial charge in [0, 0.05) is 6.54 Å². The molecule has 36 heavy (non-hydrogen) atoms. The average molecular weight is 502 g/mol. The highest BCUT2D eigenvalue weighted by Crippen LogP contribution is 2.40. The molecule has 0 N–H and O–H groups in total. The van der Waals surface area contributed by atoms with Gasteiger partial charge in [0.25, 0.3) is 5.91 Å². The molecule has 1 heterocycles. The van der Waals surface area contributed by atoms with Crippen molar-refractivity contribution in [3.05, 3.63) is 82.9 Å². The number of alkyl halides is 3. The first kappa shape index (κ1) is 25.2. The minimum atomic E-state index is -4.66. The summed E-state index contributed by atoms with van der Waals surface area (Å²) < 4.78 is 63.1. The predicted molar refractivity (Wildman–Crippen MR) is 127 cm³/mol. The summed E-state index contributed by atoms with van der Waals surface area (Å²) in [5.41, 5.74) is 0.265. The van der Waals surface area contributed by atoms with Crippen LogP contribution in [-0.2, 0) is 12.6 Å². The second-order valence-corrected chi connectivity index (χ2v) is 8.20. The zero-order valence-corrected chi connectivity index (χ0v) is 20.1. The van der Waals surface area contributed by atoms with Gasteiger partial charge in [0.1, 0.15) is 18.1 Å². The smallest absolute Gasteiger partial charge is 0.417 e. The zero-order chi connectivity index (χ0) is 25.9. The molecule has 0 bridgehead atoms. The summed E-state index contributed by atoms with van der Waals surface area (Å²) in [4.78, 5) is 15.0. The molecule has 3 aromatic carbocycles. The lowest BCUT2D eigenvalue weighted by Gasteiger charge is -2.38. The highest BCUT2D eigenvalue weighted by atomic mass is 19.4. The van der Waals surface area contributed by atoms with Crippen LogP contribution >= 0.6 is 0 Å². The first-order valence-electron chi connectivity index (χ1n) is 11.3. The number of methoxy groups -OCH3 is 3. The first-order chi connectivity index (χ1) is 17.3. The summed E-state index contributed by atoms with van der Waals surface area (Å²) in [7, 11) is 4.58. The van der Waals surface area contributed by atoms with Gasteiger partial charge in [-0.2, -0.15) is 13.2 Å². The van der Waals surface area contributed by atoms with Gasteiger partial charge in [-0.15, -0.1) is 0 Å². The summed E-state index contributed by atoms with van der Waals surface area (Å²) >= 11 is 0. The van der Waals surface area contributed by atoms with Gasteiger partial charge in [0.15, 0.2) is 11.5 Å². The van der Waals surface area contributed by atoms with E-state index in [1.807, 2.05) is 6.07 Å². The van der Waals surface area contributed by atoms with Crippen molar-refractivity contribution in [1.82, 2.24) is 4.90 Å². The molecule has 0 unspecified atom stereocenters. The Morgan fingerprint density at radius 1 is 0.917 bits per heavy atom. The zero-order valence-electron chi connectivity index (χ0n) is 20.1. The van der Waals surface area contributed by atoms with E-state index < -0.39 is 29.3 Å². The van der Waals surface area contributed by atoms with Gasteiger partial charge in [-0.05, 0) is 66.1 Å². The number of carbonyl (C=O) groups excluding carboxylic acids is 1. The maximum absolute atomic E-state index is 13.7. The molecule has 0 aromatic heterocycles. The molecule has 0 fully saturated rings. The van der Waals surface area contributed by atoms with Crippen LogP contribution < -0.4 is 18.9 Å². The van der Waals surface area contributed by atoms with Crippen molar-refractivity contribution in [3.63, 3.8) is 0 Å². The fourth-order valence-corrected chi connectivity index (χ4v) is 4.37. The van der Waals surface area contributed by atoms with Gasteiger partial charge in [-0.1, -0.05) is 12.1 Å². The number of hydrogen-bond donors (Lipinski definition) is 0. The Morgan fingerprint density at radius 2 is 1.56 bits per heavy atom. The molecule has 1 amide bonds. The van der Waals surface area contributed by atoms with Crippen molar-refractivity contribution in [2.75, 3.05) is 34.5 Å². The van der Waals surface area contributed by atoms with E-state index in [-0.39, 0.29) is 13.2 Å². The second-order valence-electron chi connectivity index (χ2n) is 8.20. The molecule has 190 valence electrons. The number of ether oxygens (including phenoxy) is 4. The van der Waals surface area contributed by atoms with Gasteiger partial charge in [-0.3, -0.25) is 4.79 Å². The van der Waals surface area contributed by atoms with Crippen molar-refractivity contribution in [2.45, 2.75) is 18.6 Å². The number of carbonyl (C=O) groups is 1. The Balaban J connectivity index is 1.73. The topological polar surface area (TPSA) is 57.2 Å². The van der Waals surface area contributed by atoms with E-state index in [1.165, 1.54) is 37.3 Å². The molecule has 0 radical (unpaired) electrons. The molecule has 3 aromatic rings. The number of fused-ring (bicyclic) bond motifs is 1. The molecule has 0 saturated carbocycles. The SMILES string of the molecule is COc1ccc(OC[C@H]2c3cc(OC)c(OC)cc3CCN2C(=O)c2ccccc2C(F)(F)F)cc1. The lowest BCUT2D eigenvalue weighted by atomic mass is 9.91. The minimum absolute atomic E-state index is 0.0226.